The first-order chi connectivity index (χ1) is 14.2. The van der Waals surface area contributed by atoms with Gasteiger partial charge in [0.25, 0.3) is 5.69 Å². The van der Waals surface area contributed by atoms with E-state index in [1.54, 1.807) is 0 Å². The Balaban J connectivity index is 2.20. The molecule has 2 N–H and O–H groups in total. The number of anilines is 1. The van der Waals surface area contributed by atoms with Crippen molar-refractivity contribution in [1.82, 2.24) is 4.57 Å². The Kier molecular flexibility index (Phi) is 5.42. The van der Waals surface area contributed by atoms with Crippen LogP contribution in [0.1, 0.15) is 27.2 Å². The number of aryl methyl sites for hydroxylation is 2. The van der Waals surface area contributed by atoms with Crippen LogP contribution in [0, 0.1) is 35.3 Å². The van der Waals surface area contributed by atoms with Crippen molar-refractivity contribution in [3.8, 4) is 23.3 Å². The fourth-order valence-electron chi connectivity index (χ4n) is 2.93. The van der Waals surface area contributed by atoms with E-state index in [4.69, 9.17) is 15.2 Å². The molecule has 30 heavy (non-hydrogen) atoms. The molecule has 1 heterocycles. The number of benzene rings is 2. The van der Waals surface area contributed by atoms with Crippen molar-refractivity contribution in [1.29, 1.82) is 5.26 Å². The number of nitro benzene ring substituents is 1. The number of nitrogens with two attached hydrogens (primary N) is 1. The number of aromatic nitrogens is 1. The lowest BCUT2D eigenvalue weighted by molar-refractivity contribution is -0.384. The van der Waals surface area contributed by atoms with Gasteiger partial charge in [-0.2, -0.15) is 5.26 Å². The van der Waals surface area contributed by atoms with Crippen LogP contribution in [0.5, 0.6) is 11.5 Å². The normalized spacial score (nSPS) is 10.3. The van der Waals surface area contributed by atoms with Gasteiger partial charge in [-0.1, -0.05) is 12.1 Å². The monoisotopic (exact) mass is 406 g/mol. The summed E-state index contributed by atoms with van der Waals surface area (Å²) in [4.78, 5) is 23.1. The lowest BCUT2D eigenvalue weighted by Gasteiger charge is -2.13. The van der Waals surface area contributed by atoms with E-state index in [0.717, 1.165) is 11.1 Å². The highest BCUT2D eigenvalue weighted by Gasteiger charge is 2.23. The second-order valence-electron chi connectivity index (χ2n) is 6.59. The molecule has 9 nitrogen and oxygen atoms in total. The fourth-order valence-corrected chi connectivity index (χ4v) is 2.93. The number of nitrogens with zero attached hydrogens (tertiary/aromatic N) is 3. The van der Waals surface area contributed by atoms with Crippen LogP contribution < -0.4 is 10.5 Å². The summed E-state index contributed by atoms with van der Waals surface area (Å²) in [5.41, 5.74) is 7.55. The van der Waals surface area contributed by atoms with Crippen LogP contribution >= 0.6 is 0 Å². The van der Waals surface area contributed by atoms with Gasteiger partial charge >= 0.3 is 5.97 Å². The van der Waals surface area contributed by atoms with Crippen molar-refractivity contribution >= 4 is 17.3 Å². The van der Waals surface area contributed by atoms with Gasteiger partial charge in [0.15, 0.2) is 5.69 Å². The SMILES string of the molecule is COC(=O)c1c(N)c(C#N)cn1-c1cc(Oc2cc(C)ccc2C)cc([N+](=O)[O-])c1. The summed E-state index contributed by atoms with van der Waals surface area (Å²) >= 11 is 0. The minimum absolute atomic E-state index is 0.0407. The number of carbonyl (C=O) groups is 1. The molecule has 9 heteroatoms. The summed E-state index contributed by atoms with van der Waals surface area (Å²) in [6, 6.07) is 11.6. The third kappa shape index (κ3) is 3.79. The molecule has 3 aromatic rings. The average Bonchev–Trinajstić information content (AvgIpc) is 3.06. The maximum Gasteiger partial charge on any atom is 0.357 e. The van der Waals surface area contributed by atoms with Gasteiger partial charge in [-0.25, -0.2) is 4.79 Å². The Hall–Kier alpha value is -4.32. The lowest BCUT2D eigenvalue weighted by Crippen LogP contribution is -2.11. The van der Waals surface area contributed by atoms with E-state index in [1.165, 1.54) is 36.1 Å². The molecular formula is C21H18N4O5. The van der Waals surface area contributed by atoms with Gasteiger partial charge in [-0.15, -0.1) is 0 Å². The number of nitro groups is 1. The summed E-state index contributed by atoms with van der Waals surface area (Å²) in [5, 5.41) is 20.8. The second-order valence-corrected chi connectivity index (χ2v) is 6.59. The first-order valence-corrected chi connectivity index (χ1v) is 8.79. The third-order valence-electron chi connectivity index (χ3n) is 4.48. The van der Waals surface area contributed by atoms with Crippen LogP contribution in [-0.2, 0) is 4.74 Å². The maximum absolute atomic E-state index is 12.2. The molecule has 0 unspecified atom stereocenters. The molecule has 0 fully saturated rings. The van der Waals surface area contributed by atoms with E-state index in [0.29, 0.717) is 5.75 Å². The van der Waals surface area contributed by atoms with Crippen molar-refractivity contribution in [2.45, 2.75) is 13.8 Å². The van der Waals surface area contributed by atoms with E-state index in [1.807, 2.05) is 38.1 Å². The maximum atomic E-state index is 12.2. The van der Waals surface area contributed by atoms with Gasteiger partial charge in [-0.05, 0) is 31.0 Å². The standard InChI is InChI=1S/C21H18N4O5/c1-12-4-5-13(2)18(6-12)30-17-8-15(7-16(9-17)25(27)28)24-11-14(10-22)19(23)20(24)21(26)29-3/h4-9,11H,23H2,1-3H3. The Morgan fingerprint density at radius 1 is 1.23 bits per heavy atom. The van der Waals surface area contributed by atoms with Crippen LogP contribution in [0.15, 0.2) is 42.6 Å². The molecule has 0 bridgehead atoms. The zero-order chi connectivity index (χ0) is 22.0. The summed E-state index contributed by atoms with van der Waals surface area (Å²) in [5.74, 6) is -0.0497. The minimum Gasteiger partial charge on any atom is -0.464 e. The van der Waals surface area contributed by atoms with Gasteiger partial charge in [0.1, 0.15) is 17.6 Å². The van der Waals surface area contributed by atoms with Gasteiger partial charge in [0.2, 0.25) is 0 Å². The molecule has 0 saturated heterocycles. The molecular weight excluding hydrogens is 388 g/mol. The quantitative estimate of drug-likeness (QED) is 0.384. The molecule has 0 amide bonds. The van der Waals surface area contributed by atoms with Crippen molar-refractivity contribution in [3.63, 3.8) is 0 Å². The number of hydrogen-bond donors (Lipinski definition) is 1. The van der Waals surface area contributed by atoms with Crippen LogP contribution in [-0.4, -0.2) is 22.6 Å². The number of ether oxygens (including phenoxy) is 2. The summed E-state index contributed by atoms with van der Waals surface area (Å²) in [6.45, 7) is 3.76. The van der Waals surface area contributed by atoms with Crippen molar-refractivity contribution in [2.75, 3.05) is 12.8 Å². The average molecular weight is 406 g/mol. The van der Waals surface area contributed by atoms with Crippen molar-refractivity contribution in [3.05, 3.63) is 75.1 Å². The van der Waals surface area contributed by atoms with Gasteiger partial charge in [-0.3, -0.25) is 10.1 Å². The van der Waals surface area contributed by atoms with E-state index < -0.39 is 10.9 Å². The minimum atomic E-state index is -0.780. The Morgan fingerprint density at radius 2 is 1.97 bits per heavy atom. The molecule has 0 radical (unpaired) electrons. The number of esters is 1. The molecule has 0 saturated carbocycles. The lowest BCUT2D eigenvalue weighted by atomic mass is 10.1. The topological polar surface area (TPSA) is 133 Å². The number of nitrogen functional groups attached to an aromatic ring is 1. The highest BCUT2D eigenvalue weighted by molar-refractivity contribution is 5.96. The molecule has 3 rings (SSSR count). The van der Waals surface area contributed by atoms with E-state index in [9.17, 15) is 20.2 Å². The number of methoxy groups -OCH3 is 1. The first-order valence-electron chi connectivity index (χ1n) is 8.79. The molecule has 1 aromatic heterocycles. The second kappa shape index (κ2) is 7.97. The molecule has 0 spiro atoms. The smallest absolute Gasteiger partial charge is 0.357 e. The van der Waals surface area contributed by atoms with E-state index in [-0.39, 0.29) is 34.1 Å². The number of hydrogen-bond acceptors (Lipinski definition) is 7. The van der Waals surface area contributed by atoms with E-state index in [2.05, 4.69) is 0 Å². The van der Waals surface area contributed by atoms with E-state index >= 15 is 0 Å². The molecule has 0 aliphatic heterocycles. The number of carbonyl (C=O) groups excluding carboxylic acids is 1. The van der Waals surface area contributed by atoms with Crippen molar-refractivity contribution < 1.29 is 19.2 Å². The Morgan fingerprint density at radius 3 is 2.60 bits per heavy atom. The molecule has 0 aliphatic rings. The number of nitriles is 1. The molecule has 2 aromatic carbocycles. The largest absolute Gasteiger partial charge is 0.464 e. The van der Waals surface area contributed by atoms with Crippen LogP contribution in [0.3, 0.4) is 0 Å². The zero-order valence-electron chi connectivity index (χ0n) is 16.5. The molecule has 0 aliphatic carbocycles. The highest BCUT2D eigenvalue weighted by atomic mass is 16.6. The predicted octanol–water partition coefficient (Wildman–Crippen LogP) is 4.04. The van der Waals surface area contributed by atoms with Gasteiger partial charge in [0, 0.05) is 18.3 Å². The summed E-state index contributed by atoms with van der Waals surface area (Å²) in [7, 11) is 1.17. The third-order valence-corrected chi connectivity index (χ3v) is 4.48. The Bertz CT molecular complexity index is 1210. The summed E-state index contributed by atoms with van der Waals surface area (Å²) in [6.07, 6.45) is 1.32. The van der Waals surface area contributed by atoms with Crippen molar-refractivity contribution in [2.24, 2.45) is 0 Å². The first kappa shape index (κ1) is 20.4. The Labute approximate surface area is 172 Å². The zero-order valence-corrected chi connectivity index (χ0v) is 16.5. The number of non-ortho nitro benzene ring substituents is 1. The number of rotatable bonds is 5. The fraction of sp³-hybridized carbons (Fsp3) is 0.143. The van der Waals surface area contributed by atoms with Crippen LogP contribution in [0.2, 0.25) is 0 Å². The molecule has 0 atom stereocenters. The highest BCUT2D eigenvalue weighted by Crippen LogP contribution is 2.33. The predicted molar refractivity (Wildman–Crippen MR) is 109 cm³/mol. The van der Waals surface area contributed by atoms with Crippen LogP contribution in [0.25, 0.3) is 5.69 Å². The van der Waals surface area contributed by atoms with Gasteiger partial charge < -0.3 is 19.8 Å². The van der Waals surface area contributed by atoms with Crippen LogP contribution in [0.4, 0.5) is 11.4 Å². The van der Waals surface area contributed by atoms with Gasteiger partial charge in [0.05, 0.1) is 35.0 Å². The summed E-state index contributed by atoms with van der Waals surface area (Å²) < 4.78 is 11.9. The molecule has 152 valence electrons.